The van der Waals surface area contributed by atoms with Crippen LogP contribution in [0.2, 0.25) is 0 Å². The monoisotopic (exact) mass is 448 g/mol. The van der Waals surface area contributed by atoms with Crippen molar-refractivity contribution in [3.8, 4) is 0 Å². The van der Waals surface area contributed by atoms with Gasteiger partial charge in [-0.2, -0.15) is 0 Å². The molecule has 0 aliphatic carbocycles. The van der Waals surface area contributed by atoms with Gasteiger partial charge in [-0.25, -0.2) is 4.39 Å². The number of carbonyl (C=O) groups excluding carboxylic acids is 2. The SMILES string of the molecule is O=C(Cc1ccc(F)c(Br)c1)NCC(=O)Nc1cccc2c(=O)[nH][nH]c(=O)c12. The van der Waals surface area contributed by atoms with Crippen molar-refractivity contribution >= 4 is 44.2 Å². The van der Waals surface area contributed by atoms with Gasteiger partial charge >= 0.3 is 0 Å². The van der Waals surface area contributed by atoms with Gasteiger partial charge in [-0.05, 0) is 45.8 Å². The number of anilines is 1. The summed E-state index contributed by atoms with van der Waals surface area (Å²) >= 11 is 3.04. The second-order valence-corrected chi connectivity index (χ2v) is 6.74. The first-order valence-electron chi connectivity index (χ1n) is 8.09. The lowest BCUT2D eigenvalue weighted by Crippen LogP contribution is -2.34. The number of halogens is 2. The summed E-state index contributed by atoms with van der Waals surface area (Å²) in [5.74, 6) is -1.44. The molecule has 2 aromatic carbocycles. The first-order chi connectivity index (χ1) is 13.3. The van der Waals surface area contributed by atoms with Gasteiger partial charge in [0.2, 0.25) is 11.8 Å². The highest BCUT2D eigenvalue weighted by Crippen LogP contribution is 2.17. The molecule has 0 saturated carbocycles. The molecule has 0 bridgehead atoms. The van der Waals surface area contributed by atoms with Gasteiger partial charge < -0.3 is 10.6 Å². The Morgan fingerprint density at radius 2 is 1.79 bits per heavy atom. The number of hydrogen-bond donors (Lipinski definition) is 4. The normalized spacial score (nSPS) is 10.6. The third kappa shape index (κ3) is 4.34. The number of rotatable bonds is 5. The van der Waals surface area contributed by atoms with Gasteiger partial charge in [0.05, 0.1) is 33.9 Å². The molecule has 8 nitrogen and oxygen atoms in total. The van der Waals surface area contributed by atoms with E-state index in [2.05, 4.69) is 36.8 Å². The standard InChI is InChI=1S/C18H14BrFN4O4/c19-11-6-9(4-5-12(11)20)7-14(25)21-8-15(26)22-13-3-1-2-10-16(13)18(28)24-23-17(10)27/h1-6H,7-8H2,(H,21,25)(H,22,26)(H,23,27)(H,24,28). The van der Waals surface area contributed by atoms with E-state index in [1.54, 1.807) is 0 Å². The summed E-state index contributed by atoms with van der Waals surface area (Å²) in [6.07, 6.45) is -0.0323. The molecule has 0 aliphatic rings. The highest BCUT2D eigenvalue weighted by Gasteiger charge is 2.12. The Hall–Kier alpha value is -3.27. The maximum atomic E-state index is 13.2. The highest BCUT2D eigenvalue weighted by atomic mass is 79.9. The molecule has 0 spiro atoms. The van der Waals surface area contributed by atoms with E-state index < -0.39 is 28.8 Å². The summed E-state index contributed by atoms with van der Waals surface area (Å²) in [6.45, 7) is -0.335. The van der Waals surface area contributed by atoms with Crippen LogP contribution in [-0.2, 0) is 16.0 Å². The number of aromatic amines is 2. The lowest BCUT2D eigenvalue weighted by Gasteiger charge is -2.09. The van der Waals surface area contributed by atoms with E-state index in [-0.39, 0.29) is 33.9 Å². The first kappa shape index (κ1) is 19.5. The van der Waals surface area contributed by atoms with Gasteiger partial charge in [-0.15, -0.1) is 0 Å². The Morgan fingerprint density at radius 1 is 1.04 bits per heavy atom. The minimum atomic E-state index is -0.569. The van der Waals surface area contributed by atoms with Crippen molar-refractivity contribution in [1.29, 1.82) is 0 Å². The number of fused-ring (bicyclic) bond motifs is 1. The number of carbonyl (C=O) groups is 2. The molecule has 0 unspecified atom stereocenters. The molecule has 10 heteroatoms. The van der Waals surface area contributed by atoms with Crippen LogP contribution in [0.5, 0.6) is 0 Å². The second-order valence-electron chi connectivity index (χ2n) is 5.89. The third-order valence-electron chi connectivity index (χ3n) is 3.89. The van der Waals surface area contributed by atoms with Crippen LogP contribution in [0.25, 0.3) is 10.8 Å². The van der Waals surface area contributed by atoms with E-state index in [4.69, 9.17) is 0 Å². The van der Waals surface area contributed by atoms with Crippen LogP contribution in [-0.4, -0.2) is 28.6 Å². The molecule has 1 aromatic heterocycles. The molecule has 0 aliphatic heterocycles. The minimum absolute atomic E-state index is 0.0323. The Morgan fingerprint density at radius 3 is 2.54 bits per heavy atom. The first-order valence-corrected chi connectivity index (χ1v) is 8.88. The van der Waals surface area contributed by atoms with E-state index in [9.17, 15) is 23.6 Å². The molecule has 1 heterocycles. The molecule has 3 aromatic rings. The van der Waals surface area contributed by atoms with Crippen LogP contribution in [0.3, 0.4) is 0 Å². The summed E-state index contributed by atoms with van der Waals surface area (Å²) < 4.78 is 13.5. The van der Waals surface area contributed by atoms with Crippen molar-refractivity contribution in [2.75, 3.05) is 11.9 Å². The van der Waals surface area contributed by atoms with Gasteiger partial charge in [0.25, 0.3) is 11.1 Å². The van der Waals surface area contributed by atoms with Crippen molar-refractivity contribution < 1.29 is 14.0 Å². The fourth-order valence-corrected chi connectivity index (χ4v) is 3.03. The van der Waals surface area contributed by atoms with E-state index in [1.165, 1.54) is 36.4 Å². The van der Waals surface area contributed by atoms with Crippen LogP contribution < -0.4 is 21.8 Å². The van der Waals surface area contributed by atoms with Crippen molar-refractivity contribution in [1.82, 2.24) is 15.5 Å². The molecule has 144 valence electrons. The predicted molar refractivity (Wildman–Crippen MR) is 105 cm³/mol. The predicted octanol–water partition coefficient (Wildman–Crippen LogP) is 1.42. The fraction of sp³-hybridized carbons (Fsp3) is 0.111. The summed E-state index contributed by atoms with van der Waals surface area (Å²) in [4.78, 5) is 47.9. The van der Waals surface area contributed by atoms with Gasteiger partial charge in [-0.3, -0.25) is 29.4 Å². The molecule has 0 atom stereocenters. The van der Waals surface area contributed by atoms with E-state index in [0.717, 1.165) is 0 Å². The van der Waals surface area contributed by atoms with Crippen LogP contribution in [0.15, 0.2) is 50.5 Å². The number of nitrogens with one attached hydrogen (secondary N) is 4. The van der Waals surface area contributed by atoms with Gasteiger partial charge in [0.1, 0.15) is 5.82 Å². The molecule has 2 amide bonds. The van der Waals surface area contributed by atoms with Crippen LogP contribution in [0.4, 0.5) is 10.1 Å². The number of benzene rings is 2. The molecular formula is C18H14BrFN4O4. The highest BCUT2D eigenvalue weighted by molar-refractivity contribution is 9.10. The van der Waals surface area contributed by atoms with Gasteiger partial charge in [0, 0.05) is 0 Å². The molecule has 4 N–H and O–H groups in total. The maximum Gasteiger partial charge on any atom is 0.272 e. The average Bonchev–Trinajstić information content (AvgIpc) is 2.66. The smallest absolute Gasteiger partial charge is 0.272 e. The van der Waals surface area contributed by atoms with Crippen LogP contribution >= 0.6 is 15.9 Å². The second kappa shape index (κ2) is 8.17. The zero-order valence-electron chi connectivity index (χ0n) is 14.3. The van der Waals surface area contributed by atoms with Crippen molar-refractivity contribution in [2.45, 2.75) is 6.42 Å². The molecular weight excluding hydrogens is 435 g/mol. The third-order valence-corrected chi connectivity index (χ3v) is 4.50. The van der Waals surface area contributed by atoms with Crippen LogP contribution in [0.1, 0.15) is 5.56 Å². The molecule has 0 fully saturated rings. The summed E-state index contributed by atoms with van der Waals surface area (Å²) in [5.41, 5.74) is -0.321. The van der Waals surface area contributed by atoms with Gasteiger partial charge in [0.15, 0.2) is 0 Å². The number of H-pyrrole nitrogens is 2. The fourth-order valence-electron chi connectivity index (χ4n) is 2.60. The van der Waals surface area contributed by atoms with Crippen molar-refractivity contribution in [3.05, 3.63) is 73.0 Å². The average molecular weight is 449 g/mol. The minimum Gasteiger partial charge on any atom is -0.347 e. The van der Waals surface area contributed by atoms with E-state index >= 15 is 0 Å². The van der Waals surface area contributed by atoms with Crippen molar-refractivity contribution in [2.24, 2.45) is 0 Å². The van der Waals surface area contributed by atoms with E-state index in [0.29, 0.717) is 5.56 Å². The lowest BCUT2D eigenvalue weighted by atomic mass is 10.1. The maximum absolute atomic E-state index is 13.2. The number of hydrogen-bond acceptors (Lipinski definition) is 4. The Kier molecular flexibility index (Phi) is 5.69. The van der Waals surface area contributed by atoms with Crippen molar-refractivity contribution in [3.63, 3.8) is 0 Å². The zero-order valence-corrected chi connectivity index (χ0v) is 15.9. The summed E-state index contributed by atoms with van der Waals surface area (Å²) in [6, 6.07) is 8.65. The number of aromatic nitrogens is 2. The summed E-state index contributed by atoms with van der Waals surface area (Å²) in [7, 11) is 0. The van der Waals surface area contributed by atoms with Gasteiger partial charge in [-0.1, -0.05) is 12.1 Å². The molecule has 0 radical (unpaired) electrons. The Balaban J connectivity index is 1.65. The Bertz CT molecular complexity index is 1190. The lowest BCUT2D eigenvalue weighted by molar-refractivity contribution is -0.123. The zero-order chi connectivity index (χ0) is 20.3. The topological polar surface area (TPSA) is 124 Å². The molecule has 28 heavy (non-hydrogen) atoms. The summed E-state index contributed by atoms with van der Waals surface area (Å²) in [5, 5.41) is 9.53. The molecule has 0 saturated heterocycles. The number of amides is 2. The largest absolute Gasteiger partial charge is 0.347 e. The molecule has 3 rings (SSSR count). The quantitative estimate of drug-likeness (QED) is 0.470. The van der Waals surface area contributed by atoms with E-state index in [1.807, 2.05) is 0 Å². The van der Waals surface area contributed by atoms with Crippen LogP contribution in [0, 0.1) is 5.82 Å². The Labute approximate surface area is 165 Å².